The van der Waals surface area contributed by atoms with Crippen molar-refractivity contribution < 1.29 is 42.7 Å². The molecule has 0 saturated heterocycles. The molecule has 10 nitrogen and oxygen atoms in total. The van der Waals surface area contributed by atoms with Crippen LogP contribution in [-0.2, 0) is 32.7 Å². The number of hydrogen-bond acceptors (Lipinski definition) is 9. The van der Waals surface area contributed by atoms with Crippen LogP contribution in [0.5, 0.6) is 0 Å². The van der Waals surface area contributed by atoms with Gasteiger partial charge in [0.05, 0.1) is 19.3 Å². The van der Waals surface area contributed by atoms with Crippen LogP contribution in [0, 0.1) is 0 Å². The van der Waals surface area contributed by atoms with Crippen molar-refractivity contribution in [3.8, 4) is 0 Å². The Labute approximate surface area is 339 Å². The fraction of sp³-hybridized carbons (Fsp3) is 0.600. The van der Waals surface area contributed by atoms with Gasteiger partial charge in [0.1, 0.15) is 6.61 Å². The maximum absolute atomic E-state index is 12.6. The van der Waals surface area contributed by atoms with E-state index < -0.39 is 38.6 Å². The highest BCUT2D eigenvalue weighted by atomic mass is 31.2. The summed E-state index contributed by atoms with van der Waals surface area (Å²) in [6.07, 6.45) is 47.8. The van der Waals surface area contributed by atoms with E-state index >= 15 is 0 Å². The molecule has 0 aliphatic rings. The van der Waals surface area contributed by atoms with Gasteiger partial charge in [0, 0.05) is 19.4 Å². The number of phosphoric ester groups is 1. The summed E-state index contributed by atoms with van der Waals surface area (Å²) in [6, 6.07) is 0. The maximum Gasteiger partial charge on any atom is 0.472 e. The number of phosphoric acid groups is 1. The van der Waals surface area contributed by atoms with E-state index in [4.69, 9.17) is 24.3 Å². The standard InChI is InChI=1S/C45H74NO9P/c1-3-5-7-8-9-10-11-12-13-14-15-16-17-18-19-22-25-28-32-36-44(48)52-40-43(41-54-56(50,51)53-39-38-46)55-45(49)37-33-29-26-23-20-21-24-27-31-35-42(47)34-30-6-4-2/h6,9-10,12-13,15-16,18-19,24-25,27-28,30-31,35,42-43,47H,3-5,7-8,11,14,17,20-23,26,29,32-34,36-41,46H2,1-2H3,(H,50,51)/b10-9-,13-12-,16-15-,19-18-,27-24+,28-25-,30-6+,35-31+/t42?,43-/m1/s1. The molecule has 0 aromatic rings. The number of rotatable bonds is 37. The first-order valence-corrected chi connectivity index (χ1v) is 22.3. The minimum Gasteiger partial charge on any atom is -0.462 e. The molecule has 0 fully saturated rings. The number of allylic oxidation sites excluding steroid dienone is 14. The lowest BCUT2D eigenvalue weighted by Crippen LogP contribution is -2.29. The molecule has 318 valence electrons. The molecule has 0 aromatic carbocycles. The Balaban J connectivity index is 4.39. The summed E-state index contributed by atoms with van der Waals surface area (Å²) < 4.78 is 32.6. The van der Waals surface area contributed by atoms with E-state index in [1.54, 1.807) is 6.08 Å². The zero-order valence-electron chi connectivity index (χ0n) is 34.4. The van der Waals surface area contributed by atoms with Gasteiger partial charge in [-0.25, -0.2) is 4.57 Å². The summed E-state index contributed by atoms with van der Waals surface area (Å²) in [5, 5.41) is 9.86. The van der Waals surface area contributed by atoms with Crippen molar-refractivity contribution in [2.24, 2.45) is 5.73 Å². The molecule has 0 heterocycles. The highest BCUT2D eigenvalue weighted by molar-refractivity contribution is 7.47. The number of hydrogen-bond donors (Lipinski definition) is 3. The number of aliphatic hydroxyl groups excluding tert-OH is 1. The molecule has 11 heteroatoms. The zero-order valence-corrected chi connectivity index (χ0v) is 35.3. The van der Waals surface area contributed by atoms with Crippen LogP contribution < -0.4 is 5.73 Å². The zero-order chi connectivity index (χ0) is 41.2. The Hall–Kier alpha value is -3.11. The van der Waals surface area contributed by atoms with E-state index in [-0.39, 0.29) is 32.6 Å². The van der Waals surface area contributed by atoms with E-state index in [0.29, 0.717) is 19.3 Å². The number of esters is 2. The summed E-state index contributed by atoms with van der Waals surface area (Å²) in [6.45, 7) is 3.33. The first-order valence-electron chi connectivity index (χ1n) is 20.8. The quantitative estimate of drug-likeness (QED) is 0.0182. The van der Waals surface area contributed by atoms with Crippen LogP contribution >= 0.6 is 7.82 Å². The molecule has 0 aromatic heterocycles. The molecule has 0 amide bonds. The van der Waals surface area contributed by atoms with Crippen LogP contribution in [-0.4, -0.2) is 60.5 Å². The minimum absolute atomic E-state index is 0.0262. The minimum atomic E-state index is -4.42. The molecular formula is C45H74NO9P. The predicted octanol–water partition coefficient (Wildman–Crippen LogP) is 10.8. The van der Waals surface area contributed by atoms with Gasteiger partial charge in [0.2, 0.25) is 0 Å². The van der Waals surface area contributed by atoms with Gasteiger partial charge in [0.25, 0.3) is 0 Å². The Morgan fingerprint density at radius 3 is 1.88 bits per heavy atom. The Morgan fingerprint density at radius 2 is 1.23 bits per heavy atom. The smallest absolute Gasteiger partial charge is 0.462 e. The van der Waals surface area contributed by atoms with Crippen LogP contribution in [0.4, 0.5) is 0 Å². The second-order valence-electron chi connectivity index (χ2n) is 13.3. The largest absolute Gasteiger partial charge is 0.472 e. The predicted molar refractivity (Wildman–Crippen MR) is 230 cm³/mol. The number of carbonyl (C=O) groups excluding carboxylic acids is 2. The van der Waals surface area contributed by atoms with Crippen molar-refractivity contribution in [2.45, 2.75) is 148 Å². The molecule has 0 bridgehead atoms. The molecule has 56 heavy (non-hydrogen) atoms. The molecule has 0 aliphatic carbocycles. The monoisotopic (exact) mass is 804 g/mol. The molecule has 4 N–H and O–H groups in total. The van der Waals surface area contributed by atoms with E-state index in [1.165, 1.54) is 25.7 Å². The van der Waals surface area contributed by atoms with Crippen molar-refractivity contribution in [3.63, 3.8) is 0 Å². The number of unbranched alkanes of at least 4 members (excludes halogenated alkanes) is 8. The van der Waals surface area contributed by atoms with Crippen LogP contribution in [0.2, 0.25) is 0 Å². The summed E-state index contributed by atoms with van der Waals surface area (Å²) in [7, 11) is -4.42. The average molecular weight is 804 g/mol. The van der Waals surface area contributed by atoms with E-state index in [0.717, 1.165) is 64.2 Å². The maximum atomic E-state index is 12.6. The summed E-state index contributed by atoms with van der Waals surface area (Å²) in [5.41, 5.74) is 5.33. The Bertz CT molecular complexity index is 1250. The van der Waals surface area contributed by atoms with Gasteiger partial charge in [-0.05, 0) is 77.0 Å². The fourth-order valence-corrected chi connectivity index (χ4v) is 5.71. The van der Waals surface area contributed by atoms with Crippen molar-refractivity contribution in [1.29, 1.82) is 0 Å². The number of ether oxygens (including phenoxy) is 2. The third kappa shape index (κ3) is 39.1. The second-order valence-corrected chi connectivity index (χ2v) is 14.8. The highest BCUT2D eigenvalue weighted by Crippen LogP contribution is 2.43. The van der Waals surface area contributed by atoms with Gasteiger partial charge in [0.15, 0.2) is 6.10 Å². The van der Waals surface area contributed by atoms with E-state index in [9.17, 15) is 24.2 Å². The third-order valence-corrected chi connectivity index (χ3v) is 9.03. The van der Waals surface area contributed by atoms with Gasteiger partial charge < -0.3 is 25.2 Å². The van der Waals surface area contributed by atoms with Gasteiger partial charge in [-0.3, -0.25) is 18.6 Å². The van der Waals surface area contributed by atoms with E-state index in [1.807, 2.05) is 36.5 Å². The van der Waals surface area contributed by atoms with Crippen molar-refractivity contribution in [1.82, 2.24) is 0 Å². The van der Waals surface area contributed by atoms with Crippen molar-refractivity contribution in [3.05, 3.63) is 97.2 Å². The lowest BCUT2D eigenvalue weighted by Gasteiger charge is -2.19. The topological polar surface area (TPSA) is 155 Å². The Kier molecular flexibility index (Phi) is 37.9. The van der Waals surface area contributed by atoms with Gasteiger partial charge >= 0.3 is 19.8 Å². The highest BCUT2D eigenvalue weighted by Gasteiger charge is 2.25. The molecule has 0 rings (SSSR count). The molecule has 0 saturated carbocycles. The Morgan fingerprint density at radius 1 is 0.643 bits per heavy atom. The molecular weight excluding hydrogens is 729 g/mol. The van der Waals surface area contributed by atoms with Crippen molar-refractivity contribution >= 4 is 19.8 Å². The third-order valence-electron chi connectivity index (χ3n) is 8.05. The SMILES string of the molecule is CC/C=C/CC(O)/C=C/C=C/CCCCCCCC(=O)O[C@H](COC(=O)CC/C=C\C/C=C\C/C=C\C/C=C\C/C=C\CCCCC)COP(=O)(O)OCCN. The molecule has 2 unspecified atom stereocenters. The number of carbonyl (C=O) groups is 2. The normalized spacial score (nSPS) is 14.9. The summed E-state index contributed by atoms with van der Waals surface area (Å²) in [4.78, 5) is 34.8. The average Bonchev–Trinajstić information content (AvgIpc) is 3.18. The summed E-state index contributed by atoms with van der Waals surface area (Å²) >= 11 is 0. The van der Waals surface area contributed by atoms with Crippen LogP contribution in [0.3, 0.4) is 0 Å². The first-order chi connectivity index (χ1) is 27.2. The lowest BCUT2D eigenvalue weighted by atomic mass is 10.1. The molecule has 0 spiro atoms. The van der Waals surface area contributed by atoms with Gasteiger partial charge in [-0.1, -0.05) is 143 Å². The number of nitrogens with two attached hydrogens (primary N) is 1. The van der Waals surface area contributed by atoms with Crippen LogP contribution in [0.25, 0.3) is 0 Å². The fourth-order valence-electron chi connectivity index (χ4n) is 4.94. The molecule has 3 atom stereocenters. The van der Waals surface area contributed by atoms with Gasteiger partial charge in [-0.15, -0.1) is 0 Å². The molecule has 0 aliphatic heterocycles. The van der Waals surface area contributed by atoms with Crippen LogP contribution in [0.1, 0.15) is 136 Å². The lowest BCUT2D eigenvalue weighted by molar-refractivity contribution is -0.161. The number of aliphatic hydroxyl groups is 1. The molecule has 0 radical (unpaired) electrons. The van der Waals surface area contributed by atoms with E-state index in [2.05, 4.69) is 68.5 Å². The summed E-state index contributed by atoms with van der Waals surface area (Å²) in [5.74, 6) is -0.990. The van der Waals surface area contributed by atoms with Crippen molar-refractivity contribution in [2.75, 3.05) is 26.4 Å². The second kappa shape index (κ2) is 40.1. The van der Waals surface area contributed by atoms with Gasteiger partial charge in [-0.2, -0.15) is 0 Å². The van der Waals surface area contributed by atoms with Crippen LogP contribution in [0.15, 0.2) is 97.2 Å². The first kappa shape index (κ1) is 52.9.